The minimum atomic E-state index is -0.148. The number of piperazine rings is 1. The molecule has 28 heavy (non-hydrogen) atoms. The minimum absolute atomic E-state index is 0.0846. The van der Waals surface area contributed by atoms with E-state index in [1.807, 2.05) is 18.2 Å². The number of hydrogen-bond acceptors (Lipinski definition) is 6. The first-order valence-corrected chi connectivity index (χ1v) is 9.16. The summed E-state index contributed by atoms with van der Waals surface area (Å²) in [5, 5.41) is 0. The molecule has 0 spiro atoms. The molecule has 0 bridgehead atoms. The van der Waals surface area contributed by atoms with Gasteiger partial charge in [-0.1, -0.05) is 6.07 Å². The first-order valence-electron chi connectivity index (χ1n) is 9.16. The molecule has 1 fully saturated rings. The summed E-state index contributed by atoms with van der Waals surface area (Å²) in [5.41, 5.74) is 1.35. The lowest BCUT2D eigenvalue weighted by atomic mass is 10.1. The molecule has 0 atom stereocenters. The van der Waals surface area contributed by atoms with Crippen molar-refractivity contribution in [3.8, 4) is 11.5 Å². The van der Waals surface area contributed by atoms with E-state index < -0.39 is 0 Å². The number of benzene rings is 1. The summed E-state index contributed by atoms with van der Waals surface area (Å²) in [4.78, 5) is 36.4. The molecule has 148 valence electrons. The average molecular weight is 384 g/mol. The van der Waals surface area contributed by atoms with E-state index >= 15 is 0 Å². The smallest absolute Gasteiger partial charge is 0.274 e. The Labute approximate surface area is 164 Å². The summed E-state index contributed by atoms with van der Waals surface area (Å²) in [7, 11) is 3.18. The van der Waals surface area contributed by atoms with Crippen LogP contribution in [0.5, 0.6) is 11.5 Å². The largest absolute Gasteiger partial charge is 0.493 e. The Hall–Kier alpha value is -3.16. The van der Waals surface area contributed by atoms with E-state index in [0.29, 0.717) is 56.2 Å². The van der Waals surface area contributed by atoms with E-state index in [2.05, 4.69) is 9.97 Å². The number of methoxy groups -OCH3 is 2. The van der Waals surface area contributed by atoms with Gasteiger partial charge in [-0.2, -0.15) is 0 Å². The maximum Gasteiger partial charge on any atom is 0.274 e. The van der Waals surface area contributed by atoms with Crippen molar-refractivity contribution in [3.05, 3.63) is 48.0 Å². The van der Waals surface area contributed by atoms with Crippen molar-refractivity contribution in [3.63, 3.8) is 0 Å². The normalized spacial score (nSPS) is 13.9. The second-order valence-corrected chi connectivity index (χ2v) is 6.45. The maximum absolute atomic E-state index is 12.5. The minimum Gasteiger partial charge on any atom is -0.493 e. The van der Waals surface area contributed by atoms with Crippen LogP contribution >= 0.6 is 0 Å². The molecule has 0 N–H and O–H groups in total. The second-order valence-electron chi connectivity index (χ2n) is 6.45. The molecule has 1 aliphatic rings. The summed E-state index contributed by atoms with van der Waals surface area (Å²) >= 11 is 0. The Morgan fingerprint density at radius 2 is 1.71 bits per heavy atom. The van der Waals surface area contributed by atoms with E-state index in [9.17, 15) is 9.59 Å². The third-order valence-corrected chi connectivity index (χ3v) is 4.78. The molecular weight excluding hydrogens is 360 g/mol. The van der Waals surface area contributed by atoms with Gasteiger partial charge in [0.05, 0.1) is 20.4 Å². The van der Waals surface area contributed by atoms with Gasteiger partial charge in [0.1, 0.15) is 5.69 Å². The predicted octanol–water partition coefficient (Wildman–Crippen LogP) is 1.41. The Morgan fingerprint density at radius 3 is 2.36 bits per heavy atom. The molecule has 8 nitrogen and oxygen atoms in total. The van der Waals surface area contributed by atoms with Crippen LogP contribution in [0.15, 0.2) is 36.8 Å². The number of carbonyl (C=O) groups excluding carboxylic acids is 2. The molecule has 2 heterocycles. The Kier molecular flexibility index (Phi) is 6.41. The first-order chi connectivity index (χ1) is 13.6. The van der Waals surface area contributed by atoms with Gasteiger partial charge < -0.3 is 19.3 Å². The number of ether oxygens (including phenoxy) is 2. The molecule has 8 heteroatoms. The van der Waals surface area contributed by atoms with Crippen molar-refractivity contribution in [1.82, 2.24) is 19.8 Å². The van der Waals surface area contributed by atoms with Crippen LogP contribution < -0.4 is 9.47 Å². The van der Waals surface area contributed by atoms with Gasteiger partial charge in [-0.25, -0.2) is 4.98 Å². The van der Waals surface area contributed by atoms with Gasteiger partial charge in [-0.3, -0.25) is 14.6 Å². The summed E-state index contributed by atoms with van der Waals surface area (Å²) < 4.78 is 10.5. The Bertz CT molecular complexity index is 820. The molecule has 1 aromatic carbocycles. The number of carbonyl (C=O) groups is 2. The number of aryl methyl sites for hydroxylation is 1. The van der Waals surface area contributed by atoms with Crippen LogP contribution in [0.2, 0.25) is 0 Å². The lowest BCUT2D eigenvalue weighted by Crippen LogP contribution is -2.50. The monoisotopic (exact) mass is 384 g/mol. The van der Waals surface area contributed by atoms with Crippen molar-refractivity contribution in [2.45, 2.75) is 12.8 Å². The summed E-state index contributed by atoms with van der Waals surface area (Å²) in [6.07, 6.45) is 5.53. The molecule has 1 saturated heterocycles. The average Bonchev–Trinajstić information content (AvgIpc) is 2.77. The van der Waals surface area contributed by atoms with Gasteiger partial charge in [0.2, 0.25) is 5.91 Å². The molecular formula is C20H24N4O4. The van der Waals surface area contributed by atoms with E-state index in [1.54, 1.807) is 24.0 Å². The van der Waals surface area contributed by atoms with Crippen LogP contribution in [0.4, 0.5) is 0 Å². The highest BCUT2D eigenvalue weighted by atomic mass is 16.5. The topological polar surface area (TPSA) is 84.9 Å². The summed E-state index contributed by atoms with van der Waals surface area (Å²) in [6.45, 7) is 2.04. The maximum atomic E-state index is 12.5. The zero-order chi connectivity index (χ0) is 19.9. The van der Waals surface area contributed by atoms with Crippen molar-refractivity contribution in [2.75, 3.05) is 40.4 Å². The fourth-order valence-corrected chi connectivity index (χ4v) is 3.18. The molecule has 2 aromatic rings. The molecule has 0 aliphatic carbocycles. The fraction of sp³-hybridized carbons (Fsp3) is 0.400. The van der Waals surface area contributed by atoms with Crippen LogP contribution in [0, 0.1) is 0 Å². The van der Waals surface area contributed by atoms with E-state index in [4.69, 9.17) is 9.47 Å². The molecule has 1 aliphatic heterocycles. The SMILES string of the molecule is COc1ccc(CCC(=O)N2CCN(C(=O)c3cnccn3)CC2)cc1OC. The zero-order valence-electron chi connectivity index (χ0n) is 16.1. The molecule has 1 aromatic heterocycles. The van der Waals surface area contributed by atoms with Crippen molar-refractivity contribution in [1.29, 1.82) is 0 Å². The fourth-order valence-electron chi connectivity index (χ4n) is 3.18. The van der Waals surface area contributed by atoms with Crippen LogP contribution in [0.25, 0.3) is 0 Å². The summed E-state index contributed by atoms with van der Waals surface area (Å²) in [5.74, 6) is 1.26. The molecule has 0 radical (unpaired) electrons. The van der Waals surface area contributed by atoms with Crippen molar-refractivity contribution < 1.29 is 19.1 Å². The van der Waals surface area contributed by atoms with Crippen LogP contribution in [-0.4, -0.2) is 72.0 Å². The number of nitrogens with zero attached hydrogens (tertiary/aromatic N) is 4. The molecule has 2 amide bonds. The van der Waals surface area contributed by atoms with Crippen LogP contribution in [-0.2, 0) is 11.2 Å². The third kappa shape index (κ3) is 4.57. The van der Waals surface area contributed by atoms with Gasteiger partial charge in [0.15, 0.2) is 11.5 Å². The Morgan fingerprint density at radius 1 is 1.00 bits per heavy atom. The van der Waals surface area contributed by atoms with Gasteiger partial charge >= 0.3 is 0 Å². The van der Waals surface area contributed by atoms with Crippen molar-refractivity contribution >= 4 is 11.8 Å². The van der Waals surface area contributed by atoms with E-state index in [-0.39, 0.29) is 11.8 Å². The first kappa shape index (κ1) is 19.6. The highest BCUT2D eigenvalue weighted by molar-refractivity contribution is 5.92. The zero-order valence-corrected chi connectivity index (χ0v) is 16.1. The highest BCUT2D eigenvalue weighted by Gasteiger charge is 2.25. The van der Waals surface area contributed by atoms with Crippen LogP contribution in [0.3, 0.4) is 0 Å². The molecule has 3 rings (SSSR count). The highest BCUT2D eigenvalue weighted by Crippen LogP contribution is 2.28. The molecule has 0 saturated carbocycles. The number of amides is 2. The lowest BCUT2D eigenvalue weighted by Gasteiger charge is -2.34. The van der Waals surface area contributed by atoms with Gasteiger partial charge in [0, 0.05) is 45.0 Å². The predicted molar refractivity (Wildman–Crippen MR) is 102 cm³/mol. The van der Waals surface area contributed by atoms with E-state index in [0.717, 1.165) is 5.56 Å². The molecule has 0 unspecified atom stereocenters. The quantitative estimate of drug-likeness (QED) is 0.749. The van der Waals surface area contributed by atoms with Crippen molar-refractivity contribution in [2.24, 2.45) is 0 Å². The van der Waals surface area contributed by atoms with Crippen LogP contribution in [0.1, 0.15) is 22.5 Å². The number of hydrogen-bond donors (Lipinski definition) is 0. The number of rotatable bonds is 6. The number of aromatic nitrogens is 2. The third-order valence-electron chi connectivity index (χ3n) is 4.78. The van der Waals surface area contributed by atoms with E-state index in [1.165, 1.54) is 18.6 Å². The summed E-state index contributed by atoms with van der Waals surface area (Å²) in [6, 6.07) is 5.67. The Balaban J connectivity index is 1.50. The standard InChI is InChI=1S/C20H24N4O4/c1-27-17-5-3-15(13-18(17)28-2)4-6-19(25)23-9-11-24(12-10-23)20(26)16-14-21-7-8-22-16/h3,5,7-8,13-14H,4,6,9-12H2,1-2H3. The van der Waals surface area contributed by atoms with Gasteiger partial charge in [0.25, 0.3) is 5.91 Å². The van der Waals surface area contributed by atoms with Gasteiger partial charge in [-0.05, 0) is 24.1 Å². The van der Waals surface area contributed by atoms with Gasteiger partial charge in [-0.15, -0.1) is 0 Å². The lowest BCUT2D eigenvalue weighted by molar-refractivity contribution is -0.132. The second kappa shape index (κ2) is 9.16.